The molecule has 8 heteroatoms. The van der Waals surface area contributed by atoms with Gasteiger partial charge in [-0.05, 0) is 12.1 Å². The van der Waals surface area contributed by atoms with E-state index in [0.29, 0.717) is 31.1 Å². The van der Waals surface area contributed by atoms with Crippen LogP contribution in [0.1, 0.15) is 6.42 Å². The van der Waals surface area contributed by atoms with E-state index in [4.69, 9.17) is 4.74 Å². The van der Waals surface area contributed by atoms with Crippen molar-refractivity contribution in [1.82, 2.24) is 25.1 Å². The van der Waals surface area contributed by atoms with Crippen LogP contribution in [0.4, 0.5) is 5.69 Å². The number of nitrogens with one attached hydrogen (secondary N) is 2. The van der Waals surface area contributed by atoms with Gasteiger partial charge < -0.3 is 15.4 Å². The maximum absolute atomic E-state index is 11.9. The number of ether oxygens (including phenoxy) is 1. The summed E-state index contributed by atoms with van der Waals surface area (Å²) >= 11 is 0. The predicted octanol–water partition coefficient (Wildman–Crippen LogP) is -0.0207. The first-order chi connectivity index (χ1) is 10.3. The lowest BCUT2D eigenvalue weighted by atomic mass is 10.2. The molecule has 0 aromatic carbocycles. The Balaban J connectivity index is 1.56. The van der Waals surface area contributed by atoms with Crippen molar-refractivity contribution in [3.8, 4) is 5.82 Å². The highest BCUT2D eigenvalue weighted by Crippen LogP contribution is 2.10. The van der Waals surface area contributed by atoms with E-state index < -0.39 is 0 Å². The largest absolute Gasteiger partial charge is 0.375 e. The topological polar surface area (TPSA) is 94.0 Å². The molecule has 0 bridgehead atoms. The first-order valence-corrected chi connectivity index (χ1v) is 6.74. The Morgan fingerprint density at radius 1 is 1.52 bits per heavy atom. The van der Waals surface area contributed by atoms with Crippen molar-refractivity contribution in [1.29, 1.82) is 0 Å². The molecule has 1 aliphatic heterocycles. The van der Waals surface area contributed by atoms with Crippen LogP contribution in [0.15, 0.2) is 31.0 Å². The monoisotopic (exact) mass is 288 g/mol. The third kappa shape index (κ3) is 3.61. The molecule has 1 unspecified atom stereocenters. The zero-order chi connectivity index (χ0) is 14.5. The highest BCUT2D eigenvalue weighted by molar-refractivity contribution is 5.90. The fourth-order valence-electron chi connectivity index (χ4n) is 2.09. The lowest BCUT2D eigenvalue weighted by Gasteiger charge is -2.23. The second-order valence-corrected chi connectivity index (χ2v) is 4.69. The van der Waals surface area contributed by atoms with Gasteiger partial charge in [0.15, 0.2) is 5.82 Å². The summed E-state index contributed by atoms with van der Waals surface area (Å²) in [5, 5.41) is 9.99. The molecule has 1 saturated heterocycles. The molecule has 1 amide bonds. The quantitative estimate of drug-likeness (QED) is 0.821. The Morgan fingerprint density at radius 3 is 3.14 bits per heavy atom. The minimum absolute atomic E-state index is 0.0684. The fourth-order valence-corrected chi connectivity index (χ4v) is 2.09. The third-order valence-electron chi connectivity index (χ3n) is 3.10. The number of morpholine rings is 1. The second kappa shape index (κ2) is 6.42. The third-order valence-corrected chi connectivity index (χ3v) is 3.10. The lowest BCUT2D eigenvalue weighted by molar-refractivity contribution is -0.119. The van der Waals surface area contributed by atoms with Gasteiger partial charge in [-0.2, -0.15) is 5.10 Å². The lowest BCUT2D eigenvalue weighted by Crippen LogP contribution is -2.40. The van der Waals surface area contributed by atoms with Crippen molar-refractivity contribution in [2.24, 2.45) is 0 Å². The van der Waals surface area contributed by atoms with Crippen molar-refractivity contribution in [3.63, 3.8) is 0 Å². The molecule has 3 heterocycles. The van der Waals surface area contributed by atoms with Gasteiger partial charge in [-0.15, -0.1) is 0 Å². The van der Waals surface area contributed by atoms with Crippen LogP contribution in [0.25, 0.3) is 5.82 Å². The number of rotatable bonds is 4. The van der Waals surface area contributed by atoms with Gasteiger partial charge in [0, 0.05) is 13.1 Å². The average molecular weight is 288 g/mol. The molecule has 2 N–H and O–H groups in total. The second-order valence-electron chi connectivity index (χ2n) is 4.69. The van der Waals surface area contributed by atoms with Gasteiger partial charge in [-0.1, -0.05) is 0 Å². The number of amides is 1. The molecule has 0 radical (unpaired) electrons. The van der Waals surface area contributed by atoms with Crippen LogP contribution in [0.3, 0.4) is 0 Å². The summed E-state index contributed by atoms with van der Waals surface area (Å²) in [7, 11) is 0. The van der Waals surface area contributed by atoms with E-state index in [2.05, 4.69) is 25.7 Å². The number of hydrogen-bond donors (Lipinski definition) is 2. The molecule has 2 aromatic rings. The first-order valence-electron chi connectivity index (χ1n) is 6.74. The fraction of sp³-hybridized carbons (Fsp3) is 0.385. The number of nitrogens with zero attached hydrogens (tertiary/aromatic N) is 4. The van der Waals surface area contributed by atoms with Crippen LogP contribution >= 0.6 is 0 Å². The van der Waals surface area contributed by atoms with Crippen molar-refractivity contribution in [2.75, 3.05) is 25.0 Å². The van der Waals surface area contributed by atoms with E-state index in [9.17, 15) is 4.79 Å². The molecule has 2 aromatic heterocycles. The Labute approximate surface area is 121 Å². The molecule has 3 rings (SSSR count). The van der Waals surface area contributed by atoms with Gasteiger partial charge in [0.25, 0.3) is 0 Å². The Kier molecular flexibility index (Phi) is 4.17. The van der Waals surface area contributed by atoms with Crippen LogP contribution < -0.4 is 10.6 Å². The number of carbonyl (C=O) groups is 1. The maximum Gasteiger partial charge on any atom is 0.227 e. The van der Waals surface area contributed by atoms with Crippen molar-refractivity contribution < 1.29 is 9.53 Å². The van der Waals surface area contributed by atoms with E-state index in [1.54, 1.807) is 29.3 Å². The van der Waals surface area contributed by atoms with Gasteiger partial charge in [-0.3, -0.25) is 4.79 Å². The predicted molar refractivity (Wildman–Crippen MR) is 75.0 cm³/mol. The molecule has 21 heavy (non-hydrogen) atoms. The molecule has 0 aliphatic carbocycles. The highest BCUT2D eigenvalue weighted by atomic mass is 16.5. The smallest absolute Gasteiger partial charge is 0.227 e. The SMILES string of the molecule is O=C(CC1CNCCO1)Nc1ccc(-n2cncn2)nc1. The van der Waals surface area contributed by atoms with Crippen LogP contribution in [0.5, 0.6) is 0 Å². The summed E-state index contributed by atoms with van der Waals surface area (Å²) in [5.41, 5.74) is 0.646. The molecule has 8 nitrogen and oxygen atoms in total. The Hall–Kier alpha value is -2.32. The van der Waals surface area contributed by atoms with Crippen molar-refractivity contribution in [2.45, 2.75) is 12.5 Å². The number of pyridine rings is 1. The molecule has 1 aliphatic rings. The molecule has 0 spiro atoms. The van der Waals surface area contributed by atoms with E-state index in [0.717, 1.165) is 6.54 Å². The number of hydrogen-bond acceptors (Lipinski definition) is 6. The van der Waals surface area contributed by atoms with Crippen LogP contribution in [0.2, 0.25) is 0 Å². The van der Waals surface area contributed by atoms with Gasteiger partial charge in [0.2, 0.25) is 5.91 Å². The Bertz CT molecular complexity index is 577. The standard InChI is InChI=1S/C13H16N6O2/c20-13(5-11-7-14-3-4-21-11)18-10-1-2-12(16-6-10)19-9-15-8-17-19/h1-2,6,8-9,11,14H,3-5,7H2,(H,18,20). The van der Waals surface area contributed by atoms with E-state index in [1.165, 1.54) is 6.33 Å². The highest BCUT2D eigenvalue weighted by Gasteiger charge is 2.17. The van der Waals surface area contributed by atoms with Crippen LogP contribution in [-0.4, -0.2) is 51.5 Å². The summed E-state index contributed by atoms with van der Waals surface area (Å²) in [6.45, 7) is 2.19. The number of anilines is 1. The minimum Gasteiger partial charge on any atom is -0.375 e. The Morgan fingerprint density at radius 2 is 2.48 bits per heavy atom. The van der Waals surface area contributed by atoms with Gasteiger partial charge >= 0.3 is 0 Å². The zero-order valence-electron chi connectivity index (χ0n) is 11.4. The first kappa shape index (κ1) is 13.7. The summed E-state index contributed by atoms with van der Waals surface area (Å²) in [6.07, 6.45) is 4.86. The summed E-state index contributed by atoms with van der Waals surface area (Å²) < 4.78 is 7.05. The van der Waals surface area contributed by atoms with E-state index in [1.807, 2.05) is 0 Å². The van der Waals surface area contributed by atoms with Gasteiger partial charge in [0.1, 0.15) is 12.7 Å². The van der Waals surface area contributed by atoms with Crippen LogP contribution in [0, 0.1) is 0 Å². The molecule has 1 atom stereocenters. The van der Waals surface area contributed by atoms with Gasteiger partial charge in [-0.25, -0.2) is 14.6 Å². The van der Waals surface area contributed by atoms with Gasteiger partial charge in [0.05, 0.1) is 31.0 Å². The molecule has 110 valence electrons. The summed E-state index contributed by atoms with van der Waals surface area (Å²) in [4.78, 5) is 20.0. The number of carbonyl (C=O) groups excluding carboxylic acids is 1. The average Bonchev–Trinajstić information content (AvgIpc) is 3.03. The molecule has 0 saturated carbocycles. The molecular weight excluding hydrogens is 272 g/mol. The van der Waals surface area contributed by atoms with E-state index >= 15 is 0 Å². The normalized spacial score (nSPS) is 18.4. The maximum atomic E-state index is 11.9. The van der Waals surface area contributed by atoms with Crippen molar-refractivity contribution in [3.05, 3.63) is 31.0 Å². The summed E-state index contributed by atoms with van der Waals surface area (Å²) in [5.74, 6) is 0.560. The zero-order valence-corrected chi connectivity index (χ0v) is 11.4. The molecule has 1 fully saturated rings. The van der Waals surface area contributed by atoms with Crippen molar-refractivity contribution >= 4 is 11.6 Å². The summed E-state index contributed by atoms with van der Waals surface area (Å²) in [6, 6.07) is 3.55. The minimum atomic E-state index is -0.0843. The van der Waals surface area contributed by atoms with E-state index in [-0.39, 0.29) is 12.0 Å². The van der Waals surface area contributed by atoms with Crippen LogP contribution in [-0.2, 0) is 9.53 Å². The molecular formula is C13H16N6O2. The number of aromatic nitrogens is 4.